The van der Waals surface area contributed by atoms with Crippen LogP contribution in [0, 0.1) is 6.92 Å². The number of carbonyl (C=O) groups excluding carboxylic acids is 2. The molecule has 1 N–H and O–H groups in total. The van der Waals surface area contributed by atoms with Gasteiger partial charge in [-0.3, -0.25) is 14.5 Å². The largest absolute Gasteiger partial charge is 0.497 e. The predicted molar refractivity (Wildman–Crippen MR) is 153 cm³/mol. The Morgan fingerprint density at radius 2 is 1.88 bits per heavy atom. The highest BCUT2D eigenvalue weighted by molar-refractivity contribution is 6.01. The third-order valence-corrected chi connectivity index (χ3v) is 7.22. The van der Waals surface area contributed by atoms with Crippen LogP contribution in [0.4, 0.5) is 5.69 Å². The molecule has 2 aliphatic rings. The van der Waals surface area contributed by atoms with E-state index in [0.717, 1.165) is 12.8 Å². The van der Waals surface area contributed by atoms with E-state index < -0.39 is 17.9 Å². The van der Waals surface area contributed by atoms with Crippen LogP contribution in [-0.4, -0.2) is 71.6 Å². The van der Waals surface area contributed by atoms with Crippen LogP contribution < -0.4 is 24.4 Å². The zero-order valence-corrected chi connectivity index (χ0v) is 23.9. The third-order valence-electron chi connectivity index (χ3n) is 7.22. The lowest BCUT2D eigenvalue weighted by Gasteiger charge is -2.31. The van der Waals surface area contributed by atoms with Gasteiger partial charge < -0.3 is 28.7 Å². The number of methoxy groups -OCH3 is 1. The zero-order chi connectivity index (χ0) is 29.8. The lowest BCUT2D eigenvalue weighted by Crippen LogP contribution is -2.46. The van der Waals surface area contributed by atoms with Crippen molar-refractivity contribution in [2.75, 3.05) is 38.4 Å². The van der Waals surface area contributed by atoms with Gasteiger partial charge in [-0.15, -0.1) is 10.2 Å². The number of amides is 2. The van der Waals surface area contributed by atoms with E-state index in [1.54, 1.807) is 68.6 Å². The minimum absolute atomic E-state index is 0.0860. The average Bonchev–Trinajstić information content (AvgIpc) is 3.81. The van der Waals surface area contributed by atoms with Crippen LogP contribution in [0.5, 0.6) is 17.2 Å². The fourth-order valence-corrected chi connectivity index (χ4v) is 5.07. The van der Waals surface area contributed by atoms with Crippen molar-refractivity contribution >= 4 is 17.5 Å². The first-order chi connectivity index (χ1) is 21.0. The number of aryl methyl sites for hydroxylation is 1. The van der Waals surface area contributed by atoms with Gasteiger partial charge in [0.1, 0.15) is 37.0 Å². The molecule has 0 saturated carbocycles. The SMILES string of the molecule is COc1ccc(-c2nnn(CC(=O)N(c3ccc4c(c3)OCCO4)[C@@H](C(=O)NC[C@H]3CCCO3)c3ccc(C)o3)n2)cc1. The molecule has 2 aliphatic heterocycles. The minimum atomic E-state index is -1.14. The summed E-state index contributed by atoms with van der Waals surface area (Å²) in [6.07, 6.45) is 1.70. The highest BCUT2D eigenvalue weighted by atomic mass is 16.6. The van der Waals surface area contributed by atoms with E-state index in [4.69, 9.17) is 23.4 Å². The van der Waals surface area contributed by atoms with Crippen molar-refractivity contribution in [2.24, 2.45) is 0 Å². The molecule has 13 nitrogen and oxygen atoms in total. The molecule has 6 rings (SSSR count). The molecule has 1 saturated heterocycles. The summed E-state index contributed by atoms with van der Waals surface area (Å²) in [4.78, 5) is 30.6. The van der Waals surface area contributed by atoms with Gasteiger partial charge >= 0.3 is 0 Å². The molecule has 2 aromatic heterocycles. The van der Waals surface area contributed by atoms with Gasteiger partial charge in [-0.1, -0.05) is 0 Å². The summed E-state index contributed by atoms with van der Waals surface area (Å²) in [7, 11) is 1.59. The number of anilines is 1. The maximum atomic E-state index is 14.2. The maximum absolute atomic E-state index is 14.2. The highest BCUT2D eigenvalue weighted by Crippen LogP contribution is 2.37. The second kappa shape index (κ2) is 12.5. The Kier molecular flexibility index (Phi) is 8.22. The van der Waals surface area contributed by atoms with Crippen molar-refractivity contribution in [1.82, 2.24) is 25.5 Å². The fourth-order valence-electron chi connectivity index (χ4n) is 5.07. The topological polar surface area (TPSA) is 143 Å². The lowest BCUT2D eigenvalue weighted by atomic mass is 10.1. The summed E-state index contributed by atoms with van der Waals surface area (Å²) in [6, 6.07) is 14.6. The van der Waals surface area contributed by atoms with Crippen LogP contribution in [-0.2, 0) is 20.9 Å². The molecule has 2 amide bonds. The van der Waals surface area contributed by atoms with Gasteiger partial charge in [0.25, 0.3) is 11.8 Å². The fraction of sp³-hybridized carbons (Fsp3) is 0.367. The zero-order valence-electron chi connectivity index (χ0n) is 23.9. The van der Waals surface area contributed by atoms with E-state index in [2.05, 4.69) is 20.7 Å². The van der Waals surface area contributed by atoms with Crippen LogP contribution in [0.25, 0.3) is 11.4 Å². The van der Waals surface area contributed by atoms with Gasteiger partial charge in [0.2, 0.25) is 5.82 Å². The second-order valence-electron chi connectivity index (χ2n) is 10.2. The predicted octanol–water partition coefficient (Wildman–Crippen LogP) is 3.09. The molecule has 2 atom stereocenters. The molecule has 4 heterocycles. The van der Waals surface area contributed by atoms with Crippen LogP contribution in [0.15, 0.2) is 59.0 Å². The smallest absolute Gasteiger partial charge is 0.251 e. The molecule has 224 valence electrons. The Labute approximate surface area is 247 Å². The van der Waals surface area contributed by atoms with E-state index >= 15 is 0 Å². The maximum Gasteiger partial charge on any atom is 0.251 e. The lowest BCUT2D eigenvalue weighted by molar-refractivity contribution is -0.127. The summed E-state index contributed by atoms with van der Waals surface area (Å²) in [5.74, 6) is 2.07. The van der Waals surface area contributed by atoms with E-state index in [0.29, 0.717) is 72.2 Å². The van der Waals surface area contributed by atoms with Crippen molar-refractivity contribution < 1.29 is 33.0 Å². The number of hydrogen-bond acceptors (Lipinski definition) is 10. The Bertz CT molecular complexity index is 1580. The summed E-state index contributed by atoms with van der Waals surface area (Å²) < 4.78 is 28.3. The first-order valence-electron chi connectivity index (χ1n) is 14.1. The summed E-state index contributed by atoms with van der Waals surface area (Å²) >= 11 is 0. The van der Waals surface area contributed by atoms with Gasteiger partial charge in [-0.25, -0.2) is 0 Å². The molecule has 0 bridgehead atoms. The number of hydrogen-bond donors (Lipinski definition) is 1. The van der Waals surface area contributed by atoms with Gasteiger partial charge in [0, 0.05) is 30.5 Å². The summed E-state index contributed by atoms with van der Waals surface area (Å²) in [6.45, 7) is 3.24. The minimum Gasteiger partial charge on any atom is -0.497 e. The van der Waals surface area contributed by atoms with E-state index in [-0.39, 0.29) is 12.6 Å². The number of furan rings is 1. The van der Waals surface area contributed by atoms with Gasteiger partial charge in [-0.2, -0.15) is 4.80 Å². The van der Waals surface area contributed by atoms with Crippen molar-refractivity contribution in [3.05, 3.63) is 66.1 Å². The number of carbonyl (C=O) groups is 2. The van der Waals surface area contributed by atoms with Crippen LogP contribution in [0.1, 0.15) is 30.4 Å². The number of benzene rings is 2. The number of ether oxygens (including phenoxy) is 4. The molecule has 43 heavy (non-hydrogen) atoms. The number of nitrogens with zero attached hydrogens (tertiary/aromatic N) is 5. The Balaban J connectivity index is 1.33. The first kappa shape index (κ1) is 28.2. The molecule has 0 spiro atoms. The van der Waals surface area contributed by atoms with E-state index in [1.807, 2.05) is 0 Å². The number of rotatable bonds is 10. The molecular formula is C30H32N6O7. The number of fused-ring (bicyclic) bond motifs is 1. The monoisotopic (exact) mass is 588 g/mol. The summed E-state index contributed by atoms with van der Waals surface area (Å²) in [5, 5.41) is 15.6. The average molecular weight is 589 g/mol. The van der Waals surface area contributed by atoms with Crippen molar-refractivity contribution in [2.45, 2.75) is 38.5 Å². The van der Waals surface area contributed by atoms with Crippen LogP contribution in [0.2, 0.25) is 0 Å². The van der Waals surface area contributed by atoms with E-state index in [9.17, 15) is 9.59 Å². The quantitative estimate of drug-likeness (QED) is 0.294. The van der Waals surface area contributed by atoms with Crippen LogP contribution >= 0.6 is 0 Å². The first-order valence-corrected chi connectivity index (χ1v) is 14.1. The Morgan fingerprint density at radius 3 is 2.60 bits per heavy atom. The van der Waals surface area contributed by atoms with Crippen molar-refractivity contribution in [1.29, 1.82) is 0 Å². The Hall–Kier alpha value is -4.91. The van der Waals surface area contributed by atoms with Crippen molar-refractivity contribution in [3.8, 4) is 28.6 Å². The van der Waals surface area contributed by atoms with E-state index in [1.165, 1.54) is 9.70 Å². The molecule has 13 heteroatoms. The van der Waals surface area contributed by atoms with Crippen LogP contribution in [0.3, 0.4) is 0 Å². The molecule has 1 fully saturated rings. The molecule has 0 aliphatic carbocycles. The molecule has 0 radical (unpaired) electrons. The number of tetrazole rings is 1. The highest BCUT2D eigenvalue weighted by Gasteiger charge is 2.36. The van der Waals surface area contributed by atoms with Gasteiger partial charge in [0.15, 0.2) is 17.5 Å². The number of aromatic nitrogens is 4. The molecule has 0 unspecified atom stereocenters. The molecule has 4 aromatic rings. The van der Waals surface area contributed by atoms with Gasteiger partial charge in [-0.05, 0) is 73.5 Å². The second-order valence-corrected chi connectivity index (χ2v) is 10.2. The van der Waals surface area contributed by atoms with Crippen molar-refractivity contribution in [3.63, 3.8) is 0 Å². The molecule has 2 aromatic carbocycles. The normalized spacial score (nSPS) is 16.5. The standard InChI is InChI=1S/C30H32N6O7/c1-19-5-11-25(43-19)28(30(38)31-17-23-4-3-13-40-23)36(21-8-12-24-26(16-21)42-15-14-41-24)27(37)18-35-33-29(32-34-35)20-6-9-22(39-2)10-7-20/h5-12,16,23,28H,3-4,13-15,17-18H2,1-2H3,(H,31,38)/t23-,28-/m1/s1. The summed E-state index contributed by atoms with van der Waals surface area (Å²) in [5.41, 5.74) is 1.12. The van der Waals surface area contributed by atoms with Gasteiger partial charge in [0.05, 0.1) is 13.2 Å². The third kappa shape index (κ3) is 6.31. The Morgan fingerprint density at radius 1 is 1.07 bits per heavy atom. The number of nitrogens with one attached hydrogen (secondary N) is 1. The molecular weight excluding hydrogens is 556 g/mol.